The van der Waals surface area contributed by atoms with Crippen molar-refractivity contribution >= 4 is 5.91 Å². The fraction of sp³-hybridized carbons (Fsp3) is 0.750. The first kappa shape index (κ1) is 19.8. The van der Waals surface area contributed by atoms with Crippen LogP contribution in [0.1, 0.15) is 54.4 Å². The van der Waals surface area contributed by atoms with Crippen molar-refractivity contribution in [2.45, 2.75) is 60.5 Å². The summed E-state index contributed by atoms with van der Waals surface area (Å²) in [5.74, 6) is 0.873. The van der Waals surface area contributed by atoms with Crippen molar-refractivity contribution in [1.82, 2.24) is 10.2 Å². The van der Waals surface area contributed by atoms with Crippen LogP contribution >= 0.6 is 0 Å². The molecule has 2 rings (SSSR count). The van der Waals surface area contributed by atoms with Gasteiger partial charge in [0.15, 0.2) is 0 Å². The lowest BCUT2D eigenvalue weighted by Gasteiger charge is -2.45. The highest BCUT2D eigenvalue weighted by Crippen LogP contribution is 2.51. The molecular formula is C20H34N2O3. The Balaban J connectivity index is 2.21. The largest absolute Gasteiger partial charge is 0.511 e. The number of carbonyl (C=O) groups is 1. The fourth-order valence-corrected chi connectivity index (χ4v) is 4.02. The molecule has 0 aromatic heterocycles. The number of hydrogen-bond donors (Lipinski definition) is 2. The van der Waals surface area contributed by atoms with Crippen LogP contribution in [-0.2, 0) is 9.53 Å². The van der Waals surface area contributed by atoms with E-state index in [9.17, 15) is 9.90 Å². The summed E-state index contributed by atoms with van der Waals surface area (Å²) in [6.07, 6.45) is 1.91. The van der Waals surface area contributed by atoms with Gasteiger partial charge in [-0.1, -0.05) is 13.8 Å². The van der Waals surface area contributed by atoms with Crippen molar-refractivity contribution in [2.24, 2.45) is 11.3 Å². The first-order chi connectivity index (χ1) is 11.8. The number of likely N-dealkylation sites (N-methyl/N-ethyl adjacent to an activating group) is 1. The topological polar surface area (TPSA) is 61.8 Å². The van der Waals surface area contributed by atoms with Crippen LogP contribution in [0.2, 0.25) is 0 Å². The van der Waals surface area contributed by atoms with Crippen LogP contribution in [0.4, 0.5) is 0 Å². The molecule has 0 aromatic carbocycles. The summed E-state index contributed by atoms with van der Waals surface area (Å²) in [6, 6.07) is 0. The molecule has 1 heterocycles. The molecule has 1 aliphatic carbocycles. The molecule has 5 heteroatoms. The first-order valence-electron chi connectivity index (χ1n) is 9.56. The van der Waals surface area contributed by atoms with E-state index in [1.807, 2.05) is 20.8 Å². The number of nitrogens with one attached hydrogen (secondary N) is 1. The number of hydrogen-bond acceptors (Lipinski definition) is 4. The van der Waals surface area contributed by atoms with Crippen molar-refractivity contribution in [3.8, 4) is 0 Å². The third kappa shape index (κ3) is 3.57. The zero-order valence-electron chi connectivity index (χ0n) is 16.6. The number of amides is 1. The van der Waals surface area contributed by atoms with Gasteiger partial charge in [-0.2, -0.15) is 0 Å². The number of fused-ring (bicyclic) bond motifs is 1. The molecule has 1 fully saturated rings. The molecule has 5 nitrogen and oxygen atoms in total. The third-order valence-corrected chi connectivity index (χ3v) is 6.06. The molecule has 1 aliphatic heterocycles. The highest BCUT2D eigenvalue weighted by atomic mass is 16.5. The van der Waals surface area contributed by atoms with Crippen LogP contribution in [0.15, 0.2) is 22.7 Å². The molecule has 1 amide bonds. The number of rotatable bonds is 6. The van der Waals surface area contributed by atoms with Crippen LogP contribution in [0, 0.1) is 11.3 Å². The number of aliphatic hydroxyl groups is 1. The van der Waals surface area contributed by atoms with E-state index in [0.717, 1.165) is 49.4 Å². The Bertz CT molecular complexity index is 577. The molecule has 3 atom stereocenters. The van der Waals surface area contributed by atoms with Gasteiger partial charge in [-0.3, -0.25) is 4.79 Å². The zero-order chi connectivity index (χ0) is 18.8. The SMILES string of the molecule is CCN(CC)CCNC(=O)C1(C)C(O)=C(C)C(C)=C2OC(C)CCC21. The summed E-state index contributed by atoms with van der Waals surface area (Å²) in [5.41, 5.74) is 0.784. The molecule has 2 N–H and O–H groups in total. The van der Waals surface area contributed by atoms with Gasteiger partial charge in [0.05, 0.1) is 6.10 Å². The van der Waals surface area contributed by atoms with Gasteiger partial charge in [-0.15, -0.1) is 0 Å². The minimum Gasteiger partial charge on any atom is -0.511 e. The number of carbonyl (C=O) groups excluding carboxylic acids is 1. The van der Waals surface area contributed by atoms with E-state index < -0.39 is 5.41 Å². The van der Waals surface area contributed by atoms with E-state index in [2.05, 4.69) is 31.0 Å². The van der Waals surface area contributed by atoms with Gasteiger partial charge in [0.25, 0.3) is 0 Å². The lowest BCUT2D eigenvalue weighted by atomic mass is 9.65. The molecule has 0 bridgehead atoms. The Morgan fingerprint density at radius 2 is 1.92 bits per heavy atom. The number of nitrogens with zero attached hydrogens (tertiary/aromatic N) is 1. The van der Waals surface area contributed by atoms with Crippen molar-refractivity contribution in [1.29, 1.82) is 0 Å². The molecule has 0 radical (unpaired) electrons. The van der Waals surface area contributed by atoms with Gasteiger partial charge < -0.3 is 20.1 Å². The zero-order valence-corrected chi connectivity index (χ0v) is 16.6. The van der Waals surface area contributed by atoms with Crippen LogP contribution < -0.4 is 5.32 Å². The van der Waals surface area contributed by atoms with Gasteiger partial charge in [0.2, 0.25) is 5.91 Å². The Kier molecular flexibility index (Phi) is 6.20. The summed E-state index contributed by atoms with van der Waals surface area (Å²) in [5, 5.41) is 13.9. The van der Waals surface area contributed by atoms with Crippen molar-refractivity contribution in [2.75, 3.05) is 26.2 Å². The second-order valence-corrected chi connectivity index (χ2v) is 7.51. The smallest absolute Gasteiger partial charge is 0.234 e. The second kappa shape index (κ2) is 7.81. The van der Waals surface area contributed by atoms with Gasteiger partial charge in [-0.05, 0) is 64.8 Å². The van der Waals surface area contributed by atoms with Crippen molar-refractivity contribution in [3.63, 3.8) is 0 Å². The molecule has 0 spiro atoms. The Labute approximate surface area is 152 Å². The Morgan fingerprint density at radius 1 is 1.28 bits per heavy atom. The molecule has 0 aromatic rings. The summed E-state index contributed by atoms with van der Waals surface area (Å²) in [6.45, 7) is 15.3. The average Bonchev–Trinajstić information content (AvgIpc) is 2.61. The minimum absolute atomic E-state index is 0.0964. The molecule has 3 unspecified atom stereocenters. The second-order valence-electron chi connectivity index (χ2n) is 7.51. The van der Waals surface area contributed by atoms with E-state index in [1.165, 1.54) is 0 Å². The monoisotopic (exact) mass is 350 g/mol. The van der Waals surface area contributed by atoms with E-state index in [1.54, 1.807) is 0 Å². The normalized spacial score (nSPS) is 29.6. The summed E-state index contributed by atoms with van der Waals surface area (Å²) >= 11 is 0. The summed E-state index contributed by atoms with van der Waals surface area (Å²) in [7, 11) is 0. The summed E-state index contributed by atoms with van der Waals surface area (Å²) < 4.78 is 6.09. The van der Waals surface area contributed by atoms with Gasteiger partial charge in [0.1, 0.15) is 16.9 Å². The average molecular weight is 351 g/mol. The lowest BCUT2D eigenvalue weighted by Crippen LogP contribution is -2.51. The molecule has 2 aliphatic rings. The summed E-state index contributed by atoms with van der Waals surface area (Å²) in [4.78, 5) is 15.3. The number of aliphatic hydroxyl groups excluding tert-OH is 1. The molecule has 0 saturated carbocycles. The standard InChI is InChI=1S/C20H34N2O3/c1-7-22(8-2)12-11-21-19(24)20(6)16-10-9-13(3)25-17(16)14(4)15(5)18(20)23/h13,16,23H,7-12H2,1-6H3,(H,21,24). The van der Waals surface area contributed by atoms with E-state index in [4.69, 9.17) is 4.74 Å². The minimum atomic E-state index is -0.956. The maximum Gasteiger partial charge on any atom is 0.234 e. The predicted molar refractivity (Wildman–Crippen MR) is 100 cm³/mol. The van der Waals surface area contributed by atoms with Crippen LogP contribution in [-0.4, -0.2) is 48.2 Å². The Morgan fingerprint density at radius 3 is 2.52 bits per heavy atom. The van der Waals surface area contributed by atoms with Crippen LogP contribution in [0.5, 0.6) is 0 Å². The fourth-order valence-electron chi connectivity index (χ4n) is 4.02. The molecule has 1 saturated heterocycles. The highest BCUT2D eigenvalue weighted by Gasteiger charge is 2.52. The maximum atomic E-state index is 13.1. The molecule has 25 heavy (non-hydrogen) atoms. The van der Waals surface area contributed by atoms with Crippen molar-refractivity contribution in [3.05, 3.63) is 22.7 Å². The van der Waals surface area contributed by atoms with Gasteiger partial charge in [0, 0.05) is 19.0 Å². The van der Waals surface area contributed by atoms with E-state index >= 15 is 0 Å². The molecule has 142 valence electrons. The molecular weight excluding hydrogens is 316 g/mol. The number of ether oxygens (including phenoxy) is 1. The Hall–Kier alpha value is -1.49. The lowest BCUT2D eigenvalue weighted by molar-refractivity contribution is -0.135. The number of allylic oxidation sites excluding steroid dienone is 3. The maximum absolute atomic E-state index is 13.1. The van der Waals surface area contributed by atoms with E-state index in [0.29, 0.717) is 6.54 Å². The highest BCUT2D eigenvalue weighted by molar-refractivity contribution is 5.86. The third-order valence-electron chi connectivity index (χ3n) is 6.06. The van der Waals surface area contributed by atoms with Gasteiger partial charge in [-0.25, -0.2) is 0 Å². The van der Waals surface area contributed by atoms with Crippen LogP contribution in [0.25, 0.3) is 0 Å². The first-order valence-corrected chi connectivity index (χ1v) is 9.56. The predicted octanol–water partition coefficient (Wildman–Crippen LogP) is 3.39. The van der Waals surface area contributed by atoms with E-state index in [-0.39, 0.29) is 23.7 Å². The van der Waals surface area contributed by atoms with Crippen molar-refractivity contribution < 1.29 is 14.6 Å². The quantitative estimate of drug-likeness (QED) is 0.771. The van der Waals surface area contributed by atoms with Gasteiger partial charge >= 0.3 is 0 Å². The van der Waals surface area contributed by atoms with Crippen LogP contribution in [0.3, 0.4) is 0 Å².